The van der Waals surface area contributed by atoms with Crippen molar-refractivity contribution in [2.45, 2.75) is 18.9 Å². The first kappa shape index (κ1) is 10.7. The molecule has 5 nitrogen and oxygen atoms in total. The Bertz CT molecular complexity index is 244. The number of carbonyl (C=O) groups excluding carboxylic acids is 1. The number of nitrogens with two attached hydrogens (primary N) is 1. The van der Waals surface area contributed by atoms with Crippen LogP contribution in [-0.2, 0) is 9.53 Å². The van der Waals surface area contributed by atoms with Crippen molar-refractivity contribution in [2.75, 3.05) is 13.2 Å². The number of aldehydes is 1. The van der Waals surface area contributed by atoms with Crippen LogP contribution in [0.2, 0.25) is 0 Å². The van der Waals surface area contributed by atoms with Gasteiger partial charge in [-0.3, -0.25) is 10.2 Å². The van der Waals surface area contributed by atoms with Gasteiger partial charge in [0.25, 0.3) is 0 Å². The molecule has 4 N–H and O–H groups in total. The van der Waals surface area contributed by atoms with E-state index in [1.54, 1.807) is 0 Å². The van der Waals surface area contributed by atoms with Crippen molar-refractivity contribution in [1.29, 1.82) is 5.41 Å². The third-order valence-corrected chi connectivity index (χ3v) is 2.07. The van der Waals surface area contributed by atoms with Gasteiger partial charge in [0.15, 0.2) is 6.29 Å². The summed E-state index contributed by atoms with van der Waals surface area (Å²) >= 11 is 0. The van der Waals surface area contributed by atoms with Gasteiger partial charge < -0.3 is 15.8 Å². The van der Waals surface area contributed by atoms with E-state index in [-0.39, 0.29) is 17.5 Å². The lowest BCUT2D eigenvalue weighted by atomic mass is 10.1. The molecule has 0 aromatic carbocycles. The lowest BCUT2D eigenvalue weighted by Gasteiger charge is -2.22. The van der Waals surface area contributed by atoms with Crippen LogP contribution in [0, 0.1) is 5.41 Å². The van der Waals surface area contributed by atoms with Crippen molar-refractivity contribution in [3.05, 3.63) is 11.8 Å². The van der Waals surface area contributed by atoms with Crippen LogP contribution in [0.15, 0.2) is 11.8 Å². The number of amidine groups is 1. The molecule has 1 heterocycles. The summed E-state index contributed by atoms with van der Waals surface area (Å²) < 4.78 is 5.24. The van der Waals surface area contributed by atoms with E-state index in [2.05, 4.69) is 5.32 Å². The fourth-order valence-corrected chi connectivity index (χ4v) is 1.26. The van der Waals surface area contributed by atoms with Crippen molar-refractivity contribution in [3.8, 4) is 0 Å². The SMILES string of the molecule is N=C(N)/C(C=O)=C\NC1CCCOC1. The smallest absolute Gasteiger partial charge is 0.155 e. The molecule has 1 aliphatic rings. The van der Waals surface area contributed by atoms with E-state index >= 15 is 0 Å². The van der Waals surface area contributed by atoms with E-state index in [1.807, 2.05) is 0 Å². The van der Waals surface area contributed by atoms with Gasteiger partial charge >= 0.3 is 0 Å². The molecule has 1 fully saturated rings. The van der Waals surface area contributed by atoms with Crippen molar-refractivity contribution >= 4 is 12.1 Å². The highest BCUT2D eigenvalue weighted by molar-refractivity contribution is 6.11. The Morgan fingerprint density at radius 2 is 2.43 bits per heavy atom. The second-order valence-electron chi connectivity index (χ2n) is 3.21. The van der Waals surface area contributed by atoms with Gasteiger partial charge in [0.05, 0.1) is 12.2 Å². The Balaban J connectivity index is 2.42. The first-order valence-corrected chi connectivity index (χ1v) is 4.57. The van der Waals surface area contributed by atoms with Crippen LogP contribution < -0.4 is 11.1 Å². The van der Waals surface area contributed by atoms with Gasteiger partial charge in [-0.25, -0.2) is 0 Å². The lowest BCUT2D eigenvalue weighted by molar-refractivity contribution is -0.104. The predicted octanol–water partition coefficient (Wildman–Crippen LogP) is -0.226. The van der Waals surface area contributed by atoms with E-state index < -0.39 is 0 Å². The molecule has 1 aliphatic heterocycles. The first-order valence-electron chi connectivity index (χ1n) is 4.57. The van der Waals surface area contributed by atoms with Crippen molar-refractivity contribution < 1.29 is 9.53 Å². The van der Waals surface area contributed by atoms with Gasteiger partial charge in [-0.05, 0) is 12.8 Å². The summed E-state index contributed by atoms with van der Waals surface area (Å²) in [5.74, 6) is -0.218. The zero-order chi connectivity index (χ0) is 10.4. The molecule has 1 unspecified atom stereocenters. The van der Waals surface area contributed by atoms with Crippen molar-refractivity contribution in [3.63, 3.8) is 0 Å². The van der Waals surface area contributed by atoms with Crippen LogP contribution in [0.25, 0.3) is 0 Å². The zero-order valence-corrected chi connectivity index (χ0v) is 7.95. The van der Waals surface area contributed by atoms with E-state index in [1.165, 1.54) is 6.20 Å². The molecule has 1 atom stereocenters. The summed E-state index contributed by atoms with van der Waals surface area (Å²) in [4.78, 5) is 10.5. The minimum atomic E-state index is -0.218. The molecule has 0 amide bonds. The third-order valence-electron chi connectivity index (χ3n) is 2.07. The second-order valence-corrected chi connectivity index (χ2v) is 3.21. The highest BCUT2D eigenvalue weighted by Gasteiger charge is 2.11. The topological polar surface area (TPSA) is 88.2 Å². The van der Waals surface area contributed by atoms with Crippen LogP contribution in [0.5, 0.6) is 0 Å². The molecule has 1 rings (SSSR count). The molecule has 1 saturated heterocycles. The summed E-state index contributed by atoms with van der Waals surface area (Å²) in [5.41, 5.74) is 5.35. The van der Waals surface area contributed by atoms with Gasteiger partial charge in [-0.2, -0.15) is 0 Å². The average molecular weight is 197 g/mol. The average Bonchev–Trinajstić information content (AvgIpc) is 2.20. The standard InChI is InChI=1S/C9H15N3O2/c10-9(11)7(5-13)4-12-8-2-1-3-14-6-8/h4-5,8,12H,1-3,6H2,(H3,10,11)/b7-4-. The Morgan fingerprint density at radius 3 is 2.93 bits per heavy atom. The molecule has 78 valence electrons. The minimum Gasteiger partial charge on any atom is -0.385 e. The Hall–Kier alpha value is -1.36. The van der Waals surface area contributed by atoms with Crippen molar-refractivity contribution in [1.82, 2.24) is 5.32 Å². The van der Waals surface area contributed by atoms with Crippen molar-refractivity contribution in [2.24, 2.45) is 5.73 Å². The van der Waals surface area contributed by atoms with E-state index in [0.717, 1.165) is 19.4 Å². The second kappa shape index (κ2) is 5.39. The van der Waals surface area contributed by atoms with Crippen LogP contribution in [-0.4, -0.2) is 31.4 Å². The van der Waals surface area contributed by atoms with Crippen LogP contribution in [0.4, 0.5) is 0 Å². The van der Waals surface area contributed by atoms with Gasteiger partial charge in [0, 0.05) is 18.8 Å². The van der Waals surface area contributed by atoms with E-state index in [9.17, 15) is 4.79 Å². The molecule has 0 radical (unpaired) electrons. The minimum absolute atomic E-state index is 0.176. The summed E-state index contributed by atoms with van der Waals surface area (Å²) in [6.07, 6.45) is 4.08. The summed E-state index contributed by atoms with van der Waals surface area (Å²) in [5, 5.41) is 10.1. The number of rotatable bonds is 4. The van der Waals surface area contributed by atoms with E-state index in [0.29, 0.717) is 12.9 Å². The number of carbonyl (C=O) groups is 1. The quantitative estimate of drug-likeness (QED) is 0.251. The van der Waals surface area contributed by atoms with Crippen LogP contribution in [0.3, 0.4) is 0 Å². The predicted molar refractivity (Wildman–Crippen MR) is 53.0 cm³/mol. The fraction of sp³-hybridized carbons (Fsp3) is 0.556. The molecular weight excluding hydrogens is 182 g/mol. The Kier molecular flexibility index (Phi) is 4.12. The molecule has 0 spiro atoms. The molecular formula is C9H15N3O2. The highest BCUT2D eigenvalue weighted by atomic mass is 16.5. The van der Waals surface area contributed by atoms with Gasteiger partial charge in [-0.1, -0.05) is 0 Å². The highest BCUT2D eigenvalue weighted by Crippen LogP contribution is 2.05. The maximum atomic E-state index is 10.5. The molecule has 14 heavy (non-hydrogen) atoms. The molecule has 0 aliphatic carbocycles. The summed E-state index contributed by atoms with van der Waals surface area (Å²) in [6.45, 7) is 1.44. The molecule has 0 saturated carbocycles. The zero-order valence-electron chi connectivity index (χ0n) is 7.95. The monoisotopic (exact) mass is 197 g/mol. The molecule has 0 aromatic heterocycles. The van der Waals surface area contributed by atoms with Gasteiger partial charge in [-0.15, -0.1) is 0 Å². The third kappa shape index (κ3) is 3.18. The van der Waals surface area contributed by atoms with Gasteiger partial charge in [0.2, 0.25) is 0 Å². The Labute approximate surface area is 82.8 Å². The fourth-order valence-electron chi connectivity index (χ4n) is 1.26. The number of hydrogen-bond acceptors (Lipinski definition) is 4. The largest absolute Gasteiger partial charge is 0.385 e. The van der Waals surface area contributed by atoms with E-state index in [4.69, 9.17) is 15.9 Å². The summed E-state index contributed by atoms with van der Waals surface area (Å²) in [6, 6.07) is 0.220. The van der Waals surface area contributed by atoms with Crippen LogP contribution in [0.1, 0.15) is 12.8 Å². The number of nitrogens with one attached hydrogen (secondary N) is 2. The maximum Gasteiger partial charge on any atom is 0.155 e. The molecule has 0 bridgehead atoms. The number of hydrogen-bond donors (Lipinski definition) is 3. The molecule has 0 aromatic rings. The van der Waals surface area contributed by atoms with Crippen LogP contribution >= 0.6 is 0 Å². The number of ether oxygens (including phenoxy) is 1. The summed E-state index contributed by atoms with van der Waals surface area (Å²) in [7, 11) is 0. The first-order chi connectivity index (χ1) is 6.74. The lowest BCUT2D eigenvalue weighted by Crippen LogP contribution is -2.34. The Morgan fingerprint density at radius 1 is 1.64 bits per heavy atom. The molecule has 5 heteroatoms. The maximum absolute atomic E-state index is 10.5. The van der Waals surface area contributed by atoms with Gasteiger partial charge in [0.1, 0.15) is 5.84 Å². The normalized spacial score (nSPS) is 22.9.